The molecule has 1 fully saturated rings. The summed E-state index contributed by atoms with van der Waals surface area (Å²) < 4.78 is 0. The van der Waals surface area contributed by atoms with Gasteiger partial charge in [-0.3, -0.25) is 0 Å². The zero-order chi connectivity index (χ0) is 14.4. The third kappa shape index (κ3) is 4.47. The van der Waals surface area contributed by atoms with Gasteiger partial charge in [0.15, 0.2) is 0 Å². The van der Waals surface area contributed by atoms with Crippen LogP contribution in [0.1, 0.15) is 39.0 Å². The van der Waals surface area contributed by atoms with Crippen LogP contribution in [0.15, 0.2) is 0 Å². The predicted octanol–water partition coefficient (Wildman–Crippen LogP) is 1.68. The van der Waals surface area contributed by atoms with Crippen LogP contribution in [-0.2, 0) is 4.79 Å². The highest BCUT2D eigenvalue weighted by Crippen LogP contribution is 2.26. The third-order valence-corrected chi connectivity index (χ3v) is 3.69. The molecule has 106 valence electrons. The van der Waals surface area contributed by atoms with Crippen LogP contribution in [0.5, 0.6) is 0 Å². The summed E-state index contributed by atoms with van der Waals surface area (Å²) in [6.45, 7) is 2.18. The van der Waals surface area contributed by atoms with Gasteiger partial charge in [0.1, 0.15) is 6.04 Å². The van der Waals surface area contributed by atoms with E-state index in [1.54, 1.807) is 11.9 Å². The van der Waals surface area contributed by atoms with E-state index in [0.717, 1.165) is 19.3 Å². The number of nitrogens with zero attached hydrogens (tertiary/aromatic N) is 1. The van der Waals surface area contributed by atoms with Crippen molar-refractivity contribution in [2.45, 2.75) is 51.1 Å². The van der Waals surface area contributed by atoms with E-state index >= 15 is 0 Å². The van der Waals surface area contributed by atoms with Crippen molar-refractivity contribution < 1.29 is 14.7 Å². The van der Waals surface area contributed by atoms with Gasteiger partial charge in [0.2, 0.25) is 0 Å². The SMILES string of the molecule is C#CCC(NC(=O)N(C)C1CCCC(C)C1)C(=O)O. The van der Waals surface area contributed by atoms with E-state index in [1.807, 2.05) is 0 Å². The molecule has 0 spiro atoms. The minimum absolute atomic E-state index is 0.00399. The van der Waals surface area contributed by atoms with E-state index in [-0.39, 0.29) is 18.5 Å². The predicted molar refractivity (Wildman–Crippen MR) is 72.6 cm³/mol. The minimum Gasteiger partial charge on any atom is -0.480 e. The van der Waals surface area contributed by atoms with Gasteiger partial charge in [-0.25, -0.2) is 9.59 Å². The number of nitrogens with one attached hydrogen (secondary N) is 1. The van der Waals surface area contributed by atoms with Crippen LogP contribution >= 0.6 is 0 Å². The molecule has 0 heterocycles. The molecule has 0 aromatic carbocycles. The molecule has 0 aromatic rings. The second-order valence-electron chi connectivity index (χ2n) is 5.29. The molecule has 2 N–H and O–H groups in total. The molecule has 19 heavy (non-hydrogen) atoms. The molecule has 0 bridgehead atoms. The van der Waals surface area contributed by atoms with Crippen LogP contribution < -0.4 is 5.32 Å². The maximum atomic E-state index is 12.0. The quantitative estimate of drug-likeness (QED) is 0.761. The topological polar surface area (TPSA) is 69.6 Å². The Morgan fingerprint density at radius 3 is 2.74 bits per heavy atom. The molecule has 0 radical (unpaired) electrons. The van der Waals surface area contributed by atoms with Crippen molar-refractivity contribution in [2.24, 2.45) is 5.92 Å². The molecule has 3 atom stereocenters. The van der Waals surface area contributed by atoms with E-state index in [9.17, 15) is 9.59 Å². The van der Waals surface area contributed by atoms with Crippen molar-refractivity contribution in [1.82, 2.24) is 10.2 Å². The number of terminal acetylenes is 1. The van der Waals surface area contributed by atoms with Crippen LogP contribution in [0, 0.1) is 18.3 Å². The number of carbonyl (C=O) groups excluding carboxylic acids is 1. The highest BCUT2D eigenvalue weighted by Gasteiger charge is 2.27. The summed E-state index contributed by atoms with van der Waals surface area (Å²) in [5.41, 5.74) is 0. The van der Waals surface area contributed by atoms with E-state index in [1.165, 1.54) is 6.42 Å². The Morgan fingerprint density at radius 2 is 2.21 bits per heavy atom. The molecule has 1 aliphatic carbocycles. The minimum atomic E-state index is -1.10. The Labute approximate surface area is 114 Å². The second kappa shape index (κ2) is 7.03. The van der Waals surface area contributed by atoms with E-state index in [4.69, 9.17) is 11.5 Å². The summed E-state index contributed by atoms with van der Waals surface area (Å²) in [7, 11) is 1.72. The molecule has 1 rings (SSSR count). The first-order chi connectivity index (χ1) is 8.95. The number of carbonyl (C=O) groups is 2. The summed E-state index contributed by atoms with van der Waals surface area (Å²) >= 11 is 0. The number of carboxylic acid groups (broad SMARTS) is 1. The lowest BCUT2D eigenvalue weighted by Gasteiger charge is -2.34. The van der Waals surface area contributed by atoms with Gasteiger partial charge in [0, 0.05) is 19.5 Å². The molecular weight excluding hydrogens is 244 g/mol. The Balaban J connectivity index is 2.56. The molecule has 2 amide bonds. The Bertz CT molecular complexity index is 375. The lowest BCUT2D eigenvalue weighted by Crippen LogP contribution is -2.50. The third-order valence-electron chi connectivity index (χ3n) is 3.69. The largest absolute Gasteiger partial charge is 0.480 e. The zero-order valence-electron chi connectivity index (χ0n) is 11.6. The van der Waals surface area contributed by atoms with Crippen LogP contribution in [0.4, 0.5) is 4.79 Å². The van der Waals surface area contributed by atoms with Crippen LogP contribution in [-0.4, -0.2) is 41.1 Å². The number of hydrogen-bond donors (Lipinski definition) is 2. The van der Waals surface area contributed by atoms with Crippen molar-refractivity contribution in [3.63, 3.8) is 0 Å². The van der Waals surface area contributed by atoms with Gasteiger partial charge in [0.05, 0.1) is 0 Å². The monoisotopic (exact) mass is 266 g/mol. The van der Waals surface area contributed by atoms with Crippen molar-refractivity contribution in [2.75, 3.05) is 7.05 Å². The molecule has 0 aliphatic heterocycles. The fourth-order valence-electron chi connectivity index (χ4n) is 2.49. The first-order valence-corrected chi connectivity index (χ1v) is 6.65. The Hall–Kier alpha value is -1.70. The van der Waals surface area contributed by atoms with Gasteiger partial charge in [-0.1, -0.05) is 19.8 Å². The number of urea groups is 1. The smallest absolute Gasteiger partial charge is 0.327 e. The molecule has 5 heteroatoms. The molecule has 0 saturated heterocycles. The van der Waals surface area contributed by atoms with E-state index in [2.05, 4.69) is 18.2 Å². The average molecular weight is 266 g/mol. The normalized spacial score (nSPS) is 24.1. The summed E-state index contributed by atoms with van der Waals surface area (Å²) in [4.78, 5) is 24.6. The first kappa shape index (κ1) is 15.4. The Kier molecular flexibility index (Phi) is 5.68. The van der Waals surface area contributed by atoms with Gasteiger partial charge in [0.25, 0.3) is 0 Å². The van der Waals surface area contributed by atoms with Crippen molar-refractivity contribution in [1.29, 1.82) is 0 Å². The van der Waals surface area contributed by atoms with Crippen molar-refractivity contribution in [3.05, 3.63) is 0 Å². The number of aliphatic carboxylic acids is 1. The number of rotatable bonds is 4. The fraction of sp³-hybridized carbons (Fsp3) is 0.714. The molecule has 1 saturated carbocycles. The number of hydrogen-bond acceptors (Lipinski definition) is 2. The van der Waals surface area contributed by atoms with Gasteiger partial charge in [-0.2, -0.15) is 0 Å². The molecule has 0 aromatic heterocycles. The summed E-state index contributed by atoms with van der Waals surface area (Å²) in [6, 6.07) is -1.19. The highest BCUT2D eigenvalue weighted by molar-refractivity contribution is 5.82. The lowest BCUT2D eigenvalue weighted by molar-refractivity contribution is -0.139. The fourth-order valence-corrected chi connectivity index (χ4v) is 2.49. The highest BCUT2D eigenvalue weighted by atomic mass is 16.4. The maximum absolute atomic E-state index is 12.0. The lowest BCUT2D eigenvalue weighted by atomic mass is 9.86. The van der Waals surface area contributed by atoms with Crippen LogP contribution in [0.2, 0.25) is 0 Å². The molecule has 3 unspecified atom stereocenters. The summed E-state index contributed by atoms with van der Waals surface area (Å²) in [5, 5.41) is 11.4. The van der Waals surface area contributed by atoms with Crippen LogP contribution in [0.3, 0.4) is 0 Å². The van der Waals surface area contributed by atoms with Gasteiger partial charge < -0.3 is 15.3 Å². The second-order valence-corrected chi connectivity index (χ2v) is 5.29. The summed E-state index contributed by atoms with van der Waals surface area (Å²) in [6.07, 6.45) is 9.34. The summed E-state index contributed by atoms with van der Waals surface area (Å²) in [5.74, 6) is 1.77. The number of carboxylic acids is 1. The van der Waals surface area contributed by atoms with Crippen molar-refractivity contribution in [3.8, 4) is 12.3 Å². The van der Waals surface area contributed by atoms with Gasteiger partial charge >= 0.3 is 12.0 Å². The van der Waals surface area contributed by atoms with E-state index < -0.39 is 12.0 Å². The maximum Gasteiger partial charge on any atom is 0.327 e. The van der Waals surface area contributed by atoms with Crippen LogP contribution in [0.25, 0.3) is 0 Å². The zero-order valence-corrected chi connectivity index (χ0v) is 11.6. The van der Waals surface area contributed by atoms with E-state index in [0.29, 0.717) is 5.92 Å². The van der Waals surface area contributed by atoms with Gasteiger partial charge in [-0.15, -0.1) is 12.3 Å². The molecule has 5 nitrogen and oxygen atoms in total. The molecular formula is C14H22N2O3. The Morgan fingerprint density at radius 1 is 1.53 bits per heavy atom. The van der Waals surface area contributed by atoms with Crippen molar-refractivity contribution >= 4 is 12.0 Å². The first-order valence-electron chi connectivity index (χ1n) is 6.65. The average Bonchev–Trinajstić information content (AvgIpc) is 2.37. The number of amides is 2. The van der Waals surface area contributed by atoms with Gasteiger partial charge in [-0.05, 0) is 18.8 Å². The standard InChI is InChI=1S/C14H22N2O3/c1-4-6-12(13(17)18)15-14(19)16(3)11-8-5-7-10(2)9-11/h1,10-12H,5-9H2,2-3H3,(H,15,19)(H,17,18). The molecule has 1 aliphatic rings.